The first-order valence-electron chi connectivity index (χ1n) is 5.04. The quantitative estimate of drug-likeness (QED) is 0.550. The molecule has 0 amide bonds. The van der Waals surface area contributed by atoms with Crippen molar-refractivity contribution in [1.82, 2.24) is 0 Å². The second kappa shape index (κ2) is 9.00. The van der Waals surface area contributed by atoms with Gasteiger partial charge in [-0.2, -0.15) is 0 Å². The van der Waals surface area contributed by atoms with Crippen LogP contribution in [0, 0.1) is 11.8 Å². The molecule has 0 spiro atoms. The molecule has 0 saturated carbocycles. The molecule has 0 radical (unpaired) electrons. The maximum atomic E-state index is 6.73. The fourth-order valence-electron chi connectivity index (χ4n) is 0. The molecule has 0 fully saturated rings. The zero-order valence-electron chi connectivity index (χ0n) is 9.28. The number of hydrogen-bond donors (Lipinski definition) is 0. The summed E-state index contributed by atoms with van der Waals surface area (Å²) in [6.07, 6.45) is 2.35. The highest BCUT2D eigenvalue weighted by Gasteiger charge is 1.80. The van der Waals surface area contributed by atoms with Crippen molar-refractivity contribution >= 4 is 0 Å². The van der Waals surface area contributed by atoms with E-state index in [1.165, 1.54) is 6.42 Å². The van der Waals surface area contributed by atoms with Gasteiger partial charge in [0.15, 0.2) is 0 Å². The molecule has 0 aromatic heterocycles. The van der Waals surface area contributed by atoms with E-state index in [1.54, 1.807) is 0 Å². The first-order chi connectivity index (χ1) is 5.04. The van der Waals surface area contributed by atoms with Gasteiger partial charge in [-0.1, -0.05) is 54.4 Å². The van der Waals surface area contributed by atoms with Gasteiger partial charge in [-0.25, -0.2) is 0 Å². The van der Waals surface area contributed by atoms with Crippen LogP contribution in [0.3, 0.4) is 0 Å². The summed E-state index contributed by atoms with van der Waals surface area (Å²) in [5.41, 5.74) is 0. The van der Waals surface area contributed by atoms with Crippen LogP contribution < -0.4 is 0 Å². The van der Waals surface area contributed by atoms with Gasteiger partial charge in [0.1, 0.15) is 0 Å². The third-order valence-corrected chi connectivity index (χ3v) is 1.39. The Morgan fingerprint density at radius 1 is 1.00 bits per heavy atom. The number of hydrogen-bond acceptors (Lipinski definition) is 0. The molecule has 0 unspecified atom stereocenters. The van der Waals surface area contributed by atoms with E-state index in [1.807, 2.05) is 0 Å². The maximum Gasteiger partial charge on any atom is 0.0230 e. The zero-order valence-corrected chi connectivity index (χ0v) is 8.28. The van der Waals surface area contributed by atoms with Crippen LogP contribution in [0.2, 0.25) is 0 Å². The van der Waals surface area contributed by atoms with Gasteiger partial charge in [0.2, 0.25) is 0 Å². The zero-order chi connectivity index (χ0) is 9.28. The molecule has 0 atom stereocenters. The first-order valence-corrected chi connectivity index (χ1v) is 4.33. The molecule has 0 heteroatoms. The van der Waals surface area contributed by atoms with Crippen LogP contribution in [0.15, 0.2) is 0 Å². The van der Waals surface area contributed by atoms with E-state index in [9.17, 15) is 0 Å². The molecule has 0 aromatic rings. The summed E-state index contributed by atoms with van der Waals surface area (Å²) in [5, 5.41) is 0. The second-order valence-corrected chi connectivity index (χ2v) is 3.48. The molecule has 64 valence electrons. The minimum absolute atomic E-state index is 0.581. The highest BCUT2D eigenvalue weighted by molar-refractivity contribution is 4.33. The summed E-state index contributed by atoms with van der Waals surface area (Å²) < 4.78 is 6.73. The third-order valence-electron chi connectivity index (χ3n) is 1.39. The largest absolute Gasteiger partial charge is 0.0651 e. The van der Waals surface area contributed by atoms with Gasteiger partial charge in [-0.15, -0.1) is 0 Å². The Bertz CT molecular complexity index is 57.9. The lowest BCUT2D eigenvalue weighted by Gasteiger charge is -1.90. The Balaban J connectivity index is 0. The highest BCUT2D eigenvalue weighted by Crippen LogP contribution is 1.94. The minimum Gasteiger partial charge on any atom is -0.0651 e. The molecule has 0 heterocycles. The van der Waals surface area contributed by atoms with Crippen molar-refractivity contribution in [2.75, 3.05) is 0 Å². The van der Waals surface area contributed by atoms with Crippen LogP contribution in [-0.4, -0.2) is 0 Å². The molecule has 0 aliphatic carbocycles. The summed E-state index contributed by atoms with van der Waals surface area (Å²) in [7, 11) is 0. The predicted molar refractivity (Wildman–Crippen MR) is 50.3 cm³/mol. The van der Waals surface area contributed by atoms with Crippen LogP contribution in [0.1, 0.15) is 55.7 Å². The van der Waals surface area contributed by atoms with E-state index in [0.717, 1.165) is 12.3 Å². The second-order valence-electron chi connectivity index (χ2n) is 3.48. The van der Waals surface area contributed by atoms with Gasteiger partial charge in [0.25, 0.3) is 0 Å². The smallest absolute Gasteiger partial charge is 0.0230 e. The molecule has 10 heavy (non-hydrogen) atoms. The Labute approximate surface area is 68.4 Å². The maximum absolute atomic E-state index is 6.73. The van der Waals surface area contributed by atoms with Crippen molar-refractivity contribution in [3.05, 3.63) is 0 Å². The van der Waals surface area contributed by atoms with Crippen LogP contribution in [0.5, 0.6) is 0 Å². The molecule has 0 bridgehead atoms. The Hall–Kier alpha value is 0. The van der Waals surface area contributed by atoms with Gasteiger partial charge < -0.3 is 0 Å². The summed E-state index contributed by atoms with van der Waals surface area (Å²) in [6, 6.07) is 0. The van der Waals surface area contributed by atoms with E-state index >= 15 is 0 Å². The normalized spacial score (nSPS) is 10.9. The molecule has 0 aromatic carbocycles. The van der Waals surface area contributed by atoms with E-state index in [-0.39, 0.29) is 0 Å². The summed E-state index contributed by atoms with van der Waals surface area (Å²) in [6.45, 7) is 11.5. The molecular weight excluding hydrogens is 120 g/mol. The van der Waals surface area contributed by atoms with Crippen LogP contribution in [0.4, 0.5) is 0 Å². The molecule has 0 aliphatic rings. The molecular formula is C10H24. The highest BCUT2D eigenvalue weighted by atomic mass is 13.9. The summed E-state index contributed by atoms with van der Waals surface area (Å²) in [5.74, 6) is 1.59. The SMILES string of the molecule is CCC(C)C.[3H]CCC(C)C. The van der Waals surface area contributed by atoms with Crippen molar-refractivity contribution in [3.8, 4) is 0 Å². The van der Waals surface area contributed by atoms with Crippen molar-refractivity contribution < 1.29 is 1.37 Å². The molecule has 0 rings (SSSR count). The van der Waals surface area contributed by atoms with Crippen LogP contribution in [0.25, 0.3) is 0 Å². The molecule has 0 aliphatic heterocycles. The van der Waals surface area contributed by atoms with Crippen molar-refractivity contribution in [3.63, 3.8) is 0 Å². The first kappa shape index (κ1) is 10.0. The number of rotatable bonds is 2. The van der Waals surface area contributed by atoms with Crippen LogP contribution >= 0.6 is 0 Å². The average molecular weight is 146 g/mol. The Morgan fingerprint density at radius 2 is 1.30 bits per heavy atom. The summed E-state index contributed by atoms with van der Waals surface area (Å²) >= 11 is 0. The minimum atomic E-state index is 0.581. The lowest BCUT2D eigenvalue weighted by Crippen LogP contribution is -1.77. The van der Waals surface area contributed by atoms with Gasteiger partial charge in [-0.3, -0.25) is 0 Å². The van der Waals surface area contributed by atoms with Crippen LogP contribution in [-0.2, 0) is 0 Å². The summed E-state index contributed by atoms with van der Waals surface area (Å²) in [4.78, 5) is 0. The van der Waals surface area contributed by atoms with Crippen molar-refractivity contribution in [1.29, 1.82) is 0 Å². The topological polar surface area (TPSA) is 0 Å². The standard InChI is InChI=1S/2C5H12/c2*1-4-5(2)3/h2*5H,4H2,1-3H3/i1T;. The van der Waals surface area contributed by atoms with Crippen molar-refractivity contribution in [2.24, 2.45) is 11.8 Å². The predicted octanol–water partition coefficient (Wildman–Crippen LogP) is 4.10. The van der Waals surface area contributed by atoms with Gasteiger partial charge >= 0.3 is 0 Å². The monoisotopic (exact) mass is 146 g/mol. The van der Waals surface area contributed by atoms with Gasteiger partial charge in [-0.05, 0) is 11.8 Å². The van der Waals surface area contributed by atoms with E-state index in [0.29, 0.717) is 12.8 Å². The fourth-order valence-corrected chi connectivity index (χ4v) is 0. The fraction of sp³-hybridized carbons (Fsp3) is 1.00. The van der Waals surface area contributed by atoms with Gasteiger partial charge in [0, 0.05) is 1.37 Å². The molecule has 0 saturated heterocycles. The average Bonchev–Trinajstić information content (AvgIpc) is 1.89. The van der Waals surface area contributed by atoms with E-state index < -0.39 is 0 Å². The lowest BCUT2D eigenvalue weighted by molar-refractivity contribution is 0.626. The van der Waals surface area contributed by atoms with E-state index in [4.69, 9.17) is 1.37 Å². The lowest BCUT2D eigenvalue weighted by atomic mass is 10.2. The Morgan fingerprint density at radius 3 is 1.30 bits per heavy atom. The van der Waals surface area contributed by atoms with Gasteiger partial charge in [0.05, 0.1) is 0 Å². The molecule has 0 N–H and O–H groups in total. The third kappa shape index (κ3) is 24.5. The van der Waals surface area contributed by atoms with Crippen molar-refractivity contribution in [2.45, 2.75) is 54.4 Å². The Kier molecular flexibility index (Phi) is 9.00. The van der Waals surface area contributed by atoms with E-state index in [2.05, 4.69) is 34.6 Å². The molecule has 0 nitrogen and oxygen atoms in total.